The van der Waals surface area contributed by atoms with Crippen LogP contribution in [-0.4, -0.2) is 15.0 Å². The highest BCUT2D eigenvalue weighted by Crippen LogP contribution is 2.27. The normalized spacial score (nSPS) is 12.2. The molecule has 4 rings (SSSR count). The van der Waals surface area contributed by atoms with E-state index in [2.05, 4.69) is 34.3 Å². The molecule has 2 aromatic heterocycles. The van der Waals surface area contributed by atoms with Gasteiger partial charge in [0.25, 0.3) is 0 Å². The first-order valence-electron chi connectivity index (χ1n) is 8.23. The fourth-order valence-corrected chi connectivity index (χ4v) is 2.84. The highest BCUT2D eigenvalue weighted by atomic mass is 15.1. The van der Waals surface area contributed by atoms with Crippen LogP contribution in [0.25, 0.3) is 22.4 Å². The average molecular weight is 329 g/mol. The molecule has 0 saturated carbocycles. The Labute approximate surface area is 145 Å². The van der Waals surface area contributed by atoms with E-state index < -0.39 is 0 Å². The van der Waals surface area contributed by atoms with Gasteiger partial charge in [0.05, 0.1) is 5.39 Å². The molecular formula is C20H19N5. The molecule has 5 nitrogen and oxygen atoms in total. The van der Waals surface area contributed by atoms with Gasteiger partial charge in [0.1, 0.15) is 11.5 Å². The van der Waals surface area contributed by atoms with Gasteiger partial charge in [0.15, 0.2) is 5.82 Å². The van der Waals surface area contributed by atoms with E-state index in [-0.39, 0.29) is 6.04 Å². The lowest BCUT2D eigenvalue weighted by Gasteiger charge is -2.16. The number of hydrogen-bond acceptors (Lipinski definition) is 4. The van der Waals surface area contributed by atoms with Crippen molar-refractivity contribution in [2.45, 2.75) is 13.0 Å². The summed E-state index contributed by atoms with van der Waals surface area (Å²) in [4.78, 5) is 12.6. The second kappa shape index (κ2) is 6.28. The van der Waals surface area contributed by atoms with E-state index >= 15 is 0 Å². The molecule has 0 aliphatic heterocycles. The molecule has 0 spiro atoms. The largest absolute Gasteiger partial charge is 0.399 e. The minimum Gasteiger partial charge on any atom is -0.399 e. The van der Waals surface area contributed by atoms with Crippen molar-refractivity contribution in [1.82, 2.24) is 15.0 Å². The maximum Gasteiger partial charge on any atom is 0.163 e. The number of rotatable bonds is 4. The van der Waals surface area contributed by atoms with Crippen molar-refractivity contribution in [1.29, 1.82) is 0 Å². The maximum atomic E-state index is 5.78. The zero-order chi connectivity index (χ0) is 17.2. The van der Waals surface area contributed by atoms with Crippen molar-refractivity contribution < 1.29 is 0 Å². The first-order chi connectivity index (χ1) is 12.2. The third-order valence-electron chi connectivity index (χ3n) is 4.24. The topological polar surface area (TPSA) is 79.6 Å². The monoisotopic (exact) mass is 329 g/mol. The molecular weight excluding hydrogens is 310 g/mol. The van der Waals surface area contributed by atoms with Crippen LogP contribution in [0.15, 0.2) is 66.9 Å². The summed E-state index contributed by atoms with van der Waals surface area (Å²) in [6.07, 6.45) is 1.88. The van der Waals surface area contributed by atoms with Gasteiger partial charge in [-0.1, -0.05) is 30.3 Å². The van der Waals surface area contributed by atoms with Gasteiger partial charge in [-0.2, -0.15) is 0 Å². The van der Waals surface area contributed by atoms with Crippen LogP contribution in [0.2, 0.25) is 0 Å². The van der Waals surface area contributed by atoms with Crippen LogP contribution >= 0.6 is 0 Å². The van der Waals surface area contributed by atoms with Gasteiger partial charge in [-0.3, -0.25) is 0 Å². The van der Waals surface area contributed by atoms with Crippen LogP contribution in [-0.2, 0) is 0 Å². The lowest BCUT2D eigenvalue weighted by molar-refractivity contribution is 0.876. The van der Waals surface area contributed by atoms with Gasteiger partial charge in [-0.05, 0) is 42.8 Å². The van der Waals surface area contributed by atoms with Crippen molar-refractivity contribution in [3.8, 4) is 11.4 Å². The second-order valence-corrected chi connectivity index (χ2v) is 6.03. The maximum absolute atomic E-state index is 5.78. The van der Waals surface area contributed by atoms with Gasteiger partial charge in [0.2, 0.25) is 0 Å². The van der Waals surface area contributed by atoms with Gasteiger partial charge in [0, 0.05) is 23.5 Å². The van der Waals surface area contributed by atoms with Crippen LogP contribution in [0.5, 0.6) is 0 Å². The summed E-state index contributed by atoms with van der Waals surface area (Å²) in [6.45, 7) is 2.12. The number of H-pyrrole nitrogens is 1. The number of benzene rings is 2. The quantitative estimate of drug-likeness (QED) is 0.485. The standard InChI is InChI=1S/C20H19N5/c1-13(14-5-3-2-4-6-14)23-20-17-11-12-22-19(17)24-18(25-20)15-7-9-16(21)10-8-15/h2-13H,21H2,1H3,(H2,22,23,24,25)/t13-/m1/s1. The summed E-state index contributed by atoms with van der Waals surface area (Å²) in [5.41, 5.74) is 9.45. The molecule has 0 unspecified atom stereocenters. The number of aromatic nitrogens is 3. The molecule has 4 N–H and O–H groups in total. The van der Waals surface area contributed by atoms with Crippen molar-refractivity contribution in [3.05, 3.63) is 72.4 Å². The van der Waals surface area contributed by atoms with Gasteiger partial charge in [-0.15, -0.1) is 0 Å². The lowest BCUT2D eigenvalue weighted by Crippen LogP contribution is -2.09. The Morgan fingerprint density at radius 1 is 0.960 bits per heavy atom. The summed E-state index contributed by atoms with van der Waals surface area (Å²) >= 11 is 0. The Kier molecular flexibility index (Phi) is 3.82. The summed E-state index contributed by atoms with van der Waals surface area (Å²) in [5.74, 6) is 1.48. The first kappa shape index (κ1) is 15.2. The van der Waals surface area contributed by atoms with Crippen LogP contribution in [0.1, 0.15) is 18.5 Å². The number of anilines is 2. The van der Waals surface area contributed by atoms with Gasteiger partial charge in [-0.25, -0.2) is 9.97 Å². The molecule has 4 aromatic rings. The predicted molar refractivity (Wildman–Crippen MR) is 102 cm³/mol. The summed E-state index contributed by atoms with van der Waals surface area (Å²) in [5, 5.41) is 4.49. The van der Waals surface area contributed by atoms with Crippen LogP contribution < -0.4 is 11.1 Å². The third-order valence-corrected chi connectivity index (χ3v) is 4.24. The molecule has 2 heterocycles. The number of nitrogens with one attached hydrogen (secondary N) is 2. The van der Waals surface area contributed by atoms with Gasteiger partial charge >= 0.3 is 0 Å². The zero-order valence-corrected chi connectivity index (χ0v) is 13.9. The molecule has 0 aliphatic carbocycles. The lowest BCUT2D eigenvalue weighted by atomic mass is 10.1. The molecule has 5 heteroatoms. The Morgan fingerprint density at radius 2 is 1.72 bits per heavy atom. The van der Waals surface area contributed by atoms with E-state index in [1.165, 1.54) is 5.56 Å². The molecule has 0 saturated heterocycles. The smallest absolute Gasteiger partial charge is 0.163 e. The predicted octanol–water partition coefficient (Wildman–Crippen LogP) is 4.38. The van der Waals surface area contributed by atoms with Gasteiger partial charge < -0.3 is 16.0 Å². The molecule has 0 radical (unpaired) electrons. The summed E-state index contributed by atoms with van der Waals surface area (Å²) in [6, 6.07) is 20.0. The molecule has 1 atom stereocenters. The van der Waals surface area contributed by atoms with Crippen LogP contribution in [0.3, 0.4) is 0 Å². The highest BCUT2D eigenvalue weighted by Gasteiger charge is 2.13. The number of nitrogens with zero attached hydrogens (tertiary/aromatic N) is 2. The van der Waals surface area contributed by atoms with Crippen molar-refractivity contribution in [2.75, 3.05) is 11.1 Å². The number of fused-ring (bicyclic) bond motifs is 1. The first-order valence-corrected chi connectivity index (χ1v) is 8.23. The SMILES string of the molecule is C[C@@H](Nc1nc(-c2ccc(N)cc2)nc2[nH]ccc12)c1ccccc1. The number of hydrogen-bond donors (Lipinski definition) is 3. The fourth-order valence-electron chi connectivity index (χ4n) is 2.84. The number of nitrogens with two attached hydrogens (primary N) is 1. The van der Waals surface area contributed by atoms with Crippen molar-refractivity contribution in [3.63, 3.8) is 0 Å². The van der Waals surface area contributed by atoms with E-state index in [0.717, 1.165) is 28.1 Å². The van der Waals surface area contributed by atoms with Crippen LogP contribution in [0, 0.1) is 0 Å². The minimum atomic E-state index is 0.133. The Morgan fingerprint density at radius 3 is 2.48 bits per heavy atom. The summed E-state index contributed by atoms with van der Waals surface area (Å²) in [7, 11) is 0. The Bertz CT molecular complexity index is 990. The molecule has 0 fully saturated rings. The van der Waals surface area contributed by atoms with Crippen molar-refractivity contribution in [2.24, 2.45) is 0 Å². The minimum absolute atomic E-state index is 0.133. The summed E-state index contributed by atoms with van der Waals surface area (Å²) < 4.78 is 0. The number of aromatic amines is 1. The zero-order valence-electron chi connectivity index (χ0n) is 13.9. The fraction of sp³-hybridized carbons (Fsp3) is 0.100. The molecule has 0 aliphatic rings. The third kappa shape index (κ3) is 3.04. The van der Waals surface area contributed by atoms with E-state index in [4.69, 9.17) is 10.7 Å². The van der Waals surface area contributed by atoms with E-state index in [1.54, 1.807) is 0 Å². The molecule has 124 valence electrons. The van der Waals surface area contributed by atoms with Crippen LogP contribution in [0.4, 0.5) is 11.5 Å². The highest BCUT2D eigenvalue weighted by molar-refractivity contribution is 5.88. The molecule has 2 aromatic carbocycles. The second-order valence-electron chi connectivity index (χ2n) is 6.03. The Balaban J connectivity index is 1.75. The molecule has 0 amide bonds. The van der Waals surface area contributed by atoms with E-state index in [0.29, 0.717) is 5.82 Å². The van der Waals surface area contributed by atoms with Crippen molar-refractivity contribution >= 4 is 22.5 Å². The Hall–Kier alpha value is -3.34. The van der Waals surface area contributed by atoms with E-state index in [9.17, 15) is 0 Å². The molecule has 25 heavy (non-hydrogen) atoms. The average Bonchev–Trinajstić information content (AvgIpc) is 3.12. The van der Waals surface area contributed by atoms with E-state index in [1.807, 2.05) is 54.7 Å². The molecule has 0 bridgehead atoms. The number of nitrogen functional groups attached to an aromatic ring is 1.